The van der Waals surface area contributed by atoms with Crippen LogP contribution >= 0.6 is 0 Å². The third kappa shape index (κ3) is 3.96. The molecule has 0 bridgehead atoms. The van der Waals surface area contributed by atoms with E-state index >= 15 is 0 Å². The van der Waals surface area contributed by atoms with Gasteiger partial charge in [-0.2, -0.15) is 0 Å². The van der Waals surface area contributed by atoms with E-state index in [4.69, 9.17) is 0 Å². The van der Waals surface area contributed by atoms with Crippen molar-refractivity contribution in [1.29, 1.82) is 0 Å². The summed E-state index contributed by atoms with van der Waals surface area (Å²) < 4.78 is 25.8. The van der Waals surface area contributed by atoms with E-state index in [1.165, 1.54) is 12.1 Å². The third-order valence-corrected chi connectivity index (χ3v) is 2.52. The van der Waals surface area contributed by atoms with Crippen molar-refractivity contribution in [2.24, 2.45) is 5.92 Å². The number of hydrogen-bond acceptors (Lipinski definition) is 1. The van der Waals surface area contributed by atoms with E-state index in [2.05, 4.69) is 12.2 Å². The van der Waals surface area contributed by atoms with Gasteiger partial charge in [-0.1, -0.05) is 13.3 Å². The van der Waals surface area contributed by atoms with Gasteiger partial charge in [0.25, 0.3) is 0 Å². The highest BCUT2D eigenvalue weighted by Gasteiger charge is 2.08. The van der Waals surface area contributed by atoms with Gasteiger partial charge in [0.2, 0.25) is 0 Å². The fraction of sp³-hybridized carbons (Fsp3) is 0.500. The van der Waals surface area contributed by atoms with Crippen LogP contribution in [0.2, 0.25) is 0 Å². The molecule has 3 heteroatoms. The lowest BCUT2D eigenvalue weighted by molar-refractivity contribution is 0.477. The van der Waals surface area contributed by atoms with Crippen LogP contribution in [0, 0.1) is 17.6 Å². The molecular formula is C12H17F2N. The normalized spacial score (nSPS) is 12.8. The molecule has 0 aliphatic rings. The van der Waals surface area contributed by atoms with Gasteiger partial charge in [-0.3, -0.25) is 0 Å². The Hall–Kier alpha value is -0.960. The van der Waals surface area contributed by atoms with Crippen LogP contribution in [-0.2, 0) is 6.42 Å². The lowest BCUT2D eigenvalue weighted by Crippen LogP contribution is -2.20. The summed E-state index contributed by atoms with van der Waals surface area (Å²) >= 11 is 0. The Balaban J connectivity index is 2.69. The molecule has 1 rings (SSSR count). The maximum atomic E-state index is 12.9. The Labute approximate surface area is 89.5 Å². The maximum absolute atomic E-state index is 12.9. The van der Waals surface area contributed by atoms with Crippen LogP contribution in [0.5, 0.6) is 0 Å². The first kappa shape index (κ1) is 12.1. The van der Waals surface area contributed by atoms with Crippen molar-refractivity contribution in [2.75, 3.05) is 13.6 Å². The van der Waals surface area contributed by atoms with E-state index < -0.39 is 11.6 Å². The van der Waals surface area contributed by atoms with Crippen molar-refractivity contribution < 1.29 is 8.78 Å². The van der Waals surface area contributed by atoms with Gasteiger partial charge in [0.1, 0.15) is 11.6 Å². The largest absolute Gasteiger partial charge is 0.319 e. The topological polar surface area (TPSA) is 12.0 Å². The number of benzene rings is 1. The first-order valence-corrected chi connectivity index (χ1v) is 5.25. The van der Waals surface area contributed by atoms with E-state index in [1.807, 2.05) is 7.05 Å². The zero-order valence-electron chi connectivity index (χ0n) is 9.19. The maximum Gasteiger partial charge on any atom is 0.126 e. The molecule has 15 heavy (non-hydrogen) atoms. The van der Waals surface area contributed by atoms with Crippen molar-refractivity contribution in [3.63, 3.8) is 0 Å². The average molecular weight is 213 g/mol. The van der Waals surface area contributed by atoms with Crippen molar-refractivity contribution in [3.05, 3.63) is 35.4 Å². The summed E-state index contributed by atoms with van der Waals surface area (Å²) in [5.41, 5.74) is 0.731. The minimum absolute atomic E-state index is 0.427. The number of nitrogens with one attached hydrogen (secondary N) is 1. The molecule has 0 aromatic heterocycles. The van der Waals surface area contributed by atoms with Gasteiger partial charge in [0.05, 0.1) is 0 Å². The summed E-state index contributed by atoms with van der Waals surface area (Å²) in [5.74, 6) is -0.565. The molecule has 0 fully saturated rings. The predicted octanol–water partition coefficient (Wildman–Crippen LogP) is 2.75. The zero-order valence-corrected chi connectivity index (χ0v) is 9.19. The smallest absolute Gasteiger partial charge is 0.126 e. The molecule has 1 unspecified atom stereocenters. The highest BCUT2D eigenvalue weighted by Crippen LogP contribution is 2.14. The summed E-state index contributed by atoms with van der Waals surface area (Å²) in [6, 6.07) is 3.71. The first-order chi connectivity index (χ1) is 7.15. The van der Waals surface area contributed by atoms with Gasteiger partial charge in [0.15, 0.2) is 0 Å². The van der Waals surface area contributed by atoms with E-state index in [0.717, 1.165) is 24.6 Å². The molecule has 0 saturated heterocycles. The van der Waals surface area contributed by atoms with Crippen LogP contribution in [-0.4, -0.2) is 13.6 Å². The zero-order chi connectivity index (χ0) is 11.3. The molecule has 0 saturated carbocycles. The fourth-order valence-corrected chi connectivity index (χ4v) is 1.71. The van der Waals surface area contributed by atoms with Gasteiger partial charge in [-0.05, 0) is 43.6 Å². The molecule has 1 aromatic carbocycles. The Morgan fingerprint density at radius 1 is 1.20 bits per heavy atom. The fourth-order valence-electron chi connectivity index (χ4n) is 1.71. The van der Waals surface area contributed by atoms with E-state index in [0.29, 0.717) is 12.3 Å². The molecule has 0 aliphatic carbocycles. The van der Waals surface area contributed by atoms with Gasteiger partial charge in [-0.15, -0.1) is 0 Å². The third-order valence-electron chi connectivity index (χ3n) is 2.52. The molecule has 1 N–H and O–H groups in total. The molecule has 0 heterocycles. The summed E-state index contributed by atoms with van der Waals surface area (Å²) in [5, 5.41) is 3.08. The SMILES string of the molecule is CCC(CNC)Cc1cc(F)cc(F)c1. The second-order valence-electron chi connectivity index (χ2n) is 3.81. The number of rotatable bonds is 5. The van der Waals surface area contributed by atoms with Crippen LogP contribution in [0.1, 0.15) is 18.9 Å². The molecular weight excluding hydrogens is 196 g/mol. The Bertz CT molecular complexity index is 292. The first-order valence-electron chi connectivity index (χ1n) is 5.25. The van der Waals surface area contributed by atoms with Crippen molar-refractivity contribution in [2.45, 2.75) is 19.8 Å². The van der Waals surface area contributed by atoms with Gasteiger partial charge < -0.3 is 5.32 Å². The van der Waals surface area contributed by atoms with E-state index in [9.17, 15) is 8.78 Å². The summed E-state index contributed by atoms with van der Waals surface area (Å²) in [7, 11) is 1.88. The highest BCUT2D eigenvalue weighted by molar-refractivity contribution is 5.18. The lowest BCUT2D eigenvalue weighted by atomic mass is 9.97. The highest BCUT2D eigenvalue weighted by atomic mass is 19.1. The molecule has 1 aromatic rings. The van der Waals surface area contributed by atoms with E-state index in [-0.39, 0.29) is 0 Å². The molecule has 1 nitrogen and oxygen atoms in total. The van der Waals surface area contributed by atoms with Crippen LogP contribution in [0.3, 0.4) is 0 Å². The van der Waals surface area contributed by atoms with Crippen LogP contribution in [0.15, 0.2) is 18.2 Å². The Morgan fingerprint density at radius 3 is 2.27 bits per heavy atom. The van der Waals surface area contributed by atoms with Crippen LogP contribution in [0.4, 0.5) is 8.78 Å². The van der Waals surface area contributed by atoms with Crippen molar-refractivity contribution in [1.82, 2.24) is 5.32 Å². The summed E-state index contributed by atoms with van der Waals surface area (Å²) in [6.45, 7) is 2.95. The molecule has 0 aliphatic heterocycles. The predicted molar refractivity (Wildman–Crippen MR) is 57.8 cm³/mol. The minimum atomic E-state index is -0.496. The Morgan fingerprint density at radius 2 is 1.80 bits per heavy atom. The second-order valence-corrected chi connectivity index (χ2v) is 3.81. The van der Waals surface area contributed by atoms with Crippen molar-refractivity contribution in [3.8, 4) is 0 Å². The minimum Gasteiger partial charge on any atom is -0.319 e. The van der Waals surface area contributed by atoms with Gasteiger partial charge >= 0.3 is 0 Å². The number of hydrogen-bond donors (Lipinski definition) is 1. The molecule has 1 atom stereocenters. The van der Waals surface area contributed by atoms with Crippen LogP contribution < -0.4 is 5.32 Å². The summed E-state index contributed by atoms with van der Waals surface area (Å²) in [4.78, 5) is 0. The quantitative estimate of drug-likeness (QED) is 0.793. The molecule has 0 spiro atoms. The van der Waals surface area contributed by atoms with E-state index in [1.54, 1.807) is 0 Å². The summed E-state index contributed by atoms with van der Waals surface area (Å²) in [6.07, 6.45) is 1.71. The lowest BCUT2D eigenvalue weighted by Gasteiger charge is -2.14. The van der Waals surface area contributed by atoms with Gasteiger partial charge in [0, 0.05) is 6.07 Å². The Kier molecular flexibility index (Phi) is 4.69. The molecule has 84 valence electrons. The van der Waals surface area contributed by atoms with Gasteiger partial charge in [-0.25, -0.2) is 8.78 Å². The standard InChI is InChI=1S/C12H17F2N/c1-3-9(8-15-2)4-10-5-11(13)7-12(14)6-10/h5-7,9,15H,3-4,8H2,1-2H3. The molecule has 0 radical (unpaired) electrons. The second kappa shape index (κ2) is 5.81. The number of halogens is 2. The monoisotopic (exact) mass is 213 g/mol. The molecule has 0 amide bonds. The van der Waals surface area contributed by atoms with Crippen LogP contribution in [0.25, 0.3) is 0 Å². The average Bonchev–Trinajstić information content (AvgIpc) is 2.15. The van der Waals surface area contributed by atoms with Crippen molar-refractivity contribution >= 4 is 0 Å².